The van der Waals surface area contributed by atoms with E-state index in [1.54, 1.807) is 18.2 Å². The largest absolute Gasteiger partial charge is 0.496 e. The highest BCUT2D eigenvalue weighted by molar-refractivity contribution is 6.30. The smallest absolute Gasteiger partial charge is 0.389 e. The predicted molar refractivity (Wildman–Crippen MR) is 74.3 cm³/mol. The fourth-order valence-corrected chi connectivity index (χ4v) is 2.28. The van der Waals surface area contributed by atoms with Crippen molar-refractivity contribution in [2.45, 2.75) is 38.4 Å². The number of alkyl halides is 3. The third-order valence-corrected chi connectivity index (χ3v) is 3.21. The Balaban J connectivity index is 2.82. The lowest BCUT2D eigenvalue weighted by atomic mass is 9.99. The summed E-state index contributed by atoms with van der Waals surface area (Å²) < 4.78 is 42.0. The van der Waals surface area contributed by atoms with E-state index >= 15 is 0 Å². The molecule has 6 heteroatoms. The maximum atomic E-state index is 12.2. The topological polar surface area (TPSA) is 21.3 Å². The van der Waals surface area contributed by atoms with Gasteiger partial charge in [0.05, 0.1) is 7.11 Å². The van der Waals surface area contributed by atoms with Crippen molar-refractivity contribution in [1.29, 1.82) is 0 Å². The van der Waals surface area contributed by atoms with Gasteiger partial charge in [0.1, 0.15) is 5.75 Å². The van der Waals surface area contributed by atoms with Crippen molar-refractivity contribution in [3.8, 4) is 5.75 Å². The Hall–Kier alpha value is -0.940. The molecule has 0 bridgehead atoms. The minimum absolute atomic E-state index is 0.0663. The lowest BCUT2D eigenvalue weighted by Crippen LogP contribution is -2.22. The van der Waals surface area contributed by atoms with Crippen LogP contribution in [0.2, 0.25) is 5.02 Å². The number of methoxy groups -OCH3 is 1. The van der Waals surface area contributed by atoms with Crippen LogP contribution in [-0.2, 0) is 0 Å². The van der Waals surface area contributed by atoms with Crippen LogP contribution >= 0.6 is 11.6 Å². The number of hydrogen-bond acceptors (Lipinski definition) is 2. The molecule has 1 atom stereocenters. The van der Waals surface area contributed by atoms with E-state index in [1.807, 2.05) is 6.92 Å². The van der Waals surface area contributed by atoms with Gasteiger partial charge in [0.25, 0.3) is 0 Å². The molecule has 0 saturated heterocycles. The van der Waals surface area contributed by atoms with Gasteiger partial charge in [-0.1, -0.05) is 18.5 Å². The molecule has 1 unspecified atom stereocenters. The summed E-state index contributed by atoms with van der Waals surface area (Å²) >= 11 is 5.96. The minimum atomic E-state index is -4.12. The number of halogens is 4. The molecule has 0 aromatic heterocycles. The molecule has 0 aliphatic heterocycles. The van der Waals surface area contributed by atoms with Gasteiger partial charge in [-0.25, -0.2) is 0 Å². The zero-order chi connectivity index (χ0) is 15.2. The first-order valence-corrected chi connectivity index (χ1v) is 6.88. The second-order valence-electron chi connectivity index (χ2n) is 4.50. The molecule has 0 spiro atoms. The Kier molecular flexibility index (Phi) is 6.62. The number of nitrogens with one attached hydrogen (secondary N) is 1. The maximum absolute atomic E-state index is 12.2. The van der Waals surface area contributed by atoms with Crippen molar-refractivity contribution in [3.05, 3.63) is 28.8 Å². The quantitative estimate of drug-likeness (QED) is 0.786. The highest BCUT2D eigenvalue weighted by Gasteiger charge is 2.27. The molecular weight excluding hydrogens is 291 g/mol. The summed E-state index contributed by atoms with van der Waals surface area (Å²) in [7, 11) is 1.53. The molecule has 0 heterocycles. The Bertz CT molecular complexity index is 423. The maximum Gasteiger partial charge on any atom is 0.389 e. The molecule has 1 aromatic rings. The second kappa shape index (κ2) is 7.74. The summed E-state index contributed by atoms with van der Waals surface area (Å²) in [6.45, 7) is 2.57. The van der Waals surface area contributed by atoms with Crippen LogP contribution in [0.3, 0.4) is 0 Å². The van der Waals surface area contributed by atoms with Crippen LogP contribution in [0.25, 0.3) is 0 Å². The SMILES string of the molecule is CCNC(CCCC(F)(F)F)c1cc(Cl)ccc1OC. The van der Waals surface area contributed by atoms with Crippen LogP contribution in [0.4, 0.5) is 13.2 Å². The zero-order valence-electron chi connectivity index (χ0n) is 11.6. The van der Waals surface area contributed by atoms with Crippen LogP contribution in [0, 0.1) is 0 Å². The first kappa shape index (κ1) is 17.1. The number of rotatable bonds is 7. The molecule has 2 nitrogen and oxygen atoms in total. The Morgan fingerprint density at radius 3 is 2.60 bits per heavy atom. The van der Waals surface area contributed by atoms with Crippen LogP contribution in [0.5, 0.6) is 5.75 Å². The van der Waals surface area contributed by atoms with Gasteiger partial charge >= 0.3 is 6.18 Å². The van der Waals surface area contributed by atoms with E-state index in [1.165, 1.54) is 7.11 Å². The molecular formula is C14H19ClF3NO. The highest BCUT2D eigenvalue weighted by atomic mass is 35.5. The van der Waals surface area contributed by atoms with Crippen molar-refractivity contribution in [1.82, 2.24) is 5.32 Å². The molecule has 0 aliphatic rings. The van der Waals surface area contributed by atoms with E-state index in [0.717, 1.165) is 5.56 Å². The molecule has 0 amide bonds. The summed E-state index contributed by atoms with van der Waals surface area (Å²) in [6.07, 6.45) is -4.45. The molecule has 0 radical (unpaired) electrons. The standard InChI is InChI=1S/C14H19ClF3NO/c1-3-19-12(5-4-8-14(16,17)18)11-9-10(15)6-7-13(11)20-2/h6-7,9,12,19H,3-5,8H2,1-2H3. The van der Waals surface area contributed by atoms with Crippen molar-refractivity contribution in [2.75, 3.05) is 13.7 Å². The van der Waals surface area contributed by atoms with Gasteiger partial charge in [-0.3, -0.25) is 0 Å². The first-order chi connectivity index (χ1) is 9.37. The van der Waals surface area contributed by atoms with Crippen LogP contribution < -0.4 is 10.1 Å². The average Bonchev–Trinajstić information content (AvgIpc) is 2.36. The summed E-state index contributed by atoms with van der Waals surface area (Å²) in [5.74, 6) is 0.632. The summed E-state index contributed by atoms with van der Waals surface area (Å²) in [5.41, 5.74) is 0.795. The third-order valence-electron chi connectivity index (χ3n) is 2.97. The van der Waals surface area contributed by atoms with Gasteiger partial charge in [-0.05, 0) is 37.6 Å². The summed E-state index contributed by atoms with van der Waals surface area (Å²) in [4.78, 5) is 0. The number of benzene rings is 1. The molecule has 0 fully saturated rings. The van der Waals surface area contributed by atoms with Gasteiger partial charge in [-0.2, -0.15) is 13.2 Å². The van der Waals surface area contributed by atoms with E-state index in [0.29, 0.717) is 23.7 Å². The van der Waals surface area contributed by atoms with E-state index in [4.69, 9.17) is 16.3 Å². The van der Waals surface area contributed by atoms with E-state index < -0.39 is 12.6 Å². The fraction of sp³-hybridized carbons (Fsp3) is 0.571. The summed E-state index contributed by atoms with van der Waals surface area (Å²) in [6, 6.07) is 4.96. The minimum Gasteiger partial charge on any atom is -0.496 e. The number of ether oxygens (including phenoxy) is 1. The van der Waals surface area contributed by atoms with Crippen LogP contribution in [0.15, 0.2) is 18.2 Å². The highest BCUT2D eigenvalue weighted by Crippen LogP contribution is 2.32. The molecule has 0 aliphatic carbocycles. The Morgan fingerprint density at radius 2 is 2.05 bits per heavy atom. The normalized spacial score (nSPS) is 13.3. The van der Waals surface area contributed by atoms with E-state index in [2.05, 4.69) is 5.32 Å². The lowest BCUT2D eigenvalue weighted by Gasteiger charge is -2.21. The third kappa shape index (κ3) is 5.59. The molecule has 1 rings (SSSR count). The van der Waals surface area contributed by atoms with Gasteiger partial charge in [0.2, 0.25) is 0 Å². The van der Waals surface area contributed by atoms with E-state index in [9.17, 15) is 13.2 Å². The Morgan fingerprint density at radius 1 is 1.35 bits per heavy atom. The predicted octanol–water partition coefficient (Wildman–Crippen LogP) is 4.73. The van der Waals surface area contributed by atoms with E-state index in [-0.39, 0.29) is 12.5 Å². The summed E-state index contributed by atoms with van der Waals surface area (Å²) in [5, 5.41) is 3.72. The van der Waals surface area contributed by atoms with Gasteiger partial charge in [-0.15, -0.1) is 0 Å². The Labute approximate surface area is 122 Å². The molecule has 0 saturated carbocycles. The zero-order valence-corrected chi connectivity index (χ0v) is 12.3. The number of hydrogen-bond donors (Lipinski definition) is 1. The first-order valence-electron chi connectivity index (χ1n) is 6.51. The van der Waals surface area contributed by atoms with Gasteiger partial charge in [0.15, 0.2) is 0 Å². The molecule has 114 valence electrons. The van der Waals surface area contributed by atoms with Crippen molar-refractivity contribution in [3.63, 3.8) is 0 Å². The second-order valence-corrected chi connectivity index (χ2v) is 4.94. The van der Waals surface area contributed by atoms with Gasteiger partial charge in [0, 0.05) is 23.0 Å². The fourth-order valence-electron chi connectivity index (χ4n) is 2.10. The van der Waals surface area contributed by atoms with Crippen molar-refractivity contribution in [2.24, 2.45) is 0 Å². The van der Waals surface area contributed by atoms with Crippen LogP contribution in [0.1, 0.15) is 37.8 Å². The lowest BCUT2D eigenvalue weighted by molar-refractivity contribution is -0.135. The van der Waals surface area contributed by atoms with Gasteiger partial charge < -0.3 is 10.1 Å². The average molecular weight is 310 g/mol. The van der Waals surface area contributed by atoms with Crippen molar-refractivity contribution >= 4 is 11.6 Å². The monoisotopic (exact) mass is 309 g/mol. The van der Waals surface area contributed by atoms with Crippen LogP contribution in [-0.4, -0.2) is 19.8 Å². The molecule has 20 heavy (non-hydrogen) atoms. The van der Waals surface area contributed by atoms with Crippen molar-refractivity contribution < 1.29 is 17.9 Å². The molecule has 1 aromatic carbocycles. The molecule has 1 N–H and O–H groups in total.